The van der Waals surface area contributed by atoms with Crippen molar-refractivity contribution in [3.05, 3.63) is 10.4 Å². The molecule has 3 heterocycles. The minimum Gasteiger partial charge on any atom is -0.375 e. The number of hydrogen-bond acceptors (Lipinski definition) is 5. The van der Waals surface area contributed by atoms with Crippen molar-refractivity contribution in [2.24, 2.45) is 0 Å². The second-order valence-electron chi connectivity index (χ2n) is 4.42. The summed E-state index contributed by atoms with van der Waals surface area (Å²) in [4.78, 5) is 20.5. The number of aromatic nitrogens is 1. The minimum atomic E-state index is 0.255. The van der Waals surface area contributed by atoms with Crippen LogP contribution in [-0.4, -0.2) is 28.9 Å². The third-order valence-corrected chi connectivity index (χ3v) is 5.60. The zero-order chi connectivity index (χ0) is 12.7. The fourth-order valence-electron chi connectivity index (χ4n) is 2.41. The van der Waals surface area contributed by atoms with E-state index in [1.165, 1.54) is 15.1 Å². The molecule has 6 heteroatoms. The second-order valence-corrected chi connectivity index (χ2v) is 6.54. The summed E-state index contributed by atoms with van der Waals surface area (Å²) in [7, 11) is 0. The maximum atomic E-state index is 11.8. The molecule has 0 saturated heterocycles. The Morgan fingerprint density at radius 3 is 2.94 bits per heavy atom. The molecule has 0 unspecified atom stereocenters. The first-order chi connectivity index (χ1) is 8.69. The van der Waals surface area contributed by atoms with E-state index in [-0.39, 0.29) is 5.91 Å². The molecule has 0 aromatic carbocycles. The molecule has 0 spiro atoms. The lowest BCUT2D eigenvalue weighted by atomic mass is 10.2. The predicted molar refractivity (Wildman–Crippen MR) is 76.2 cm³/mol. The predicted octanol–water partition coefficient (Wildman–Crippen LogP) is 2.28. The first-order valence-corrected chi connectivity index (χ1v) is 7.76. The summed E-state index contributed by atoms with van der Waals surface area (Å²) < 4.78 is 1.23. The van der Waals surface area contributed by atoms with Gasteiger partial charge >= 0.3 is 0 Å². The van der Waals surface area contributed by atoms with Crippen LogP contribution in [0.25, 0.3) is 9.53 Å². The maximum Gasteiger partial charge on any atom is 0.222 e. The quantitative estimate of drug-likeness (QED) is 0.872. The van der Waals surface area contributed by atoms with E-state index in [2.05, 4.69) is 4.98 Å². The maximum absolute atomic E-state index is 11.8. The van der Waals surface area contributed by atoms with Crippen LogP contribution in [0.2, 0.25) is 0 Å². The number of thiophene rings is 1. The number of nitrogen functional groups attached to an aromatic ring is 1. The molecule has 2 aromatic heterocycles. The van der Waals surface area contributed by atoms with Gasteiger partial charge in [0, 0.05) is 24.4 Å². The number of thiazole rings is 1. The molecule has 0 saturated carbocycles. The SMILES string of the molecule is CCC(=O)N1CCc2sc3nc(N)sc3c2CC1. The van der Waals surface area contributed by atoms with Crippen molar-refractivity contribution in [3.8, 4) is 0 Å². The van der Waals surface area contributed by atoms with Crippen LogP contribution >= 0.6 is 22.7 Å². The molecule has 3 rings (SSSR count). The standard InChI is InChI=1S/C12H15N3OS2/c1-2-9(16)15-5-3-7-8(4-6-15)17-11-10(7)18-12(13)14-11/h2-6H2,1H3,(H2,13,14). The van der Waals surface area contributed by atoms with Gasteiger partial charge < -0.3 is 10.6 Å². The average molecular weight is 281 g/mol. The Kier molecular flexibility index (Phi) is 2.99. The van der Waals surface area contributed by atoms with Crippen LogP contribution < -0.4 is 5.73 Å². The van der Waals surface area contributed by atoms with E-state index in [9.17, 15) is 4.79 Å². The molecule has 4 nitrogen and oxygen atoms in total. The number of anilines is 1. The molecule has 18 heavy (non-hydrogen) atoms. The zero-order valence-electron chi connectivity index (χ0n) is 10.2. The van der Waals surface area contributed by atoms with E-state index in [0.29, 0.717) is 11.6 Å². The lowest BCUT2D eigenvalue weighted by Gasteiger charge is -2.19. The van der Waals surface area contributed by atoms with Crippen LogP contribution in [0.15, 0.2) is 0 Å². The smallest absolute Gasteiger partial charge is 0.222 e. The summed E-state index contributed by atoms with van der Waals surface area (Å²) in [6, 6.07) is 0. The molecule has 0 atom stereocenters. The Hall–Kier alpha value is -1.14. The van der Waals surface area contributed by atoms with Crippen LogP contribution in [-0.2, 0) is 17.6 Å². The fraction of sp³-hybridized carbons (Fsp3) is 0.500. The largest absolute Gasteiger partial charge is 0.375 e. The van der Waals surface area contributed by atoms with Crippen molar-refractivity contribution in [3.63, 3.8) is 0 Å². The van der Waals surface area contributed by atoms with Gasteiger partial charge in [-0.15, -0.1) is 11.3 Å². The minimum absolute atomic E-state index is 0.255. The van der Waals surface area contributed by atoms with E-state index in [1.54, 1.807) is 22.7 Å². The Morgan fingerprint density at radius 2 is 2.17 bits per heavy atom. The van der Waals surface area contributed by atoms with Gasteiger partial charge in [0.25, 0.3) is 0 Å². The molecule has 0 fully saturated rings. The summed E-state index contributed by atoms with van der Waals surface area (Å²) >= 11 is 3.31. The highest BCUT2D eigenvalue weighted by Crippen LogP contribution is 2.38. The number of carbonyl (C=O) groups is 1. The topological polar surface area (TPSA) is 59.2 Å². The highest BCUT2D eigenvalue weighted by Gasteiger charge is 2.22. The van der Waals surface area contributed by atoms with E-state index < -0.39 is 0 Å². The summed E-state index contributed by atoms with van der Waals surface area (Å²) in [5.41, 5.74) is 7.12. The molecule has 2 N–H and O–H groups in total. The monoisotopic (exact) mass is 281 g/mol. The third kappa shape index (κ3) is 1.89. The normalized spacial score (nSPS) is 15.7. The summed E-state index contributed by atoms with van der Waals surface area (Å²) in [6.07, 6.45) is 2.48. The molecule has 1 aliphatic rings. The van der Waals surface area contributed by atoms with Crippen LogP contribution in [0, 0.1) is 0 Å². The lowest BCUT2D eigenvalue weighted by molar-refractivity contribution is -0.130. The van der Waals surface area contributed by atoms with Crippen molar-refractivity contribution in [2.75, 3.05) is 18.8 Å². The van der Waals surface area contributed by atoms with Gasteiger partial charge in [-0.2, -0.15) is 0 Å². The Bertz CT molecular complexity index is 602. The molecule has 0 radical (unpaired) electrons. The van der Waals surface area contributed by atoms with E-state index >= 15 is 0 Å². The van der Waals surface area contributed by atoms with Crippen LogP contribution in [0.4, 0.5) is 5.13 Å². The molecule has 96 valence electrons. The van der Waals surface area contributed by atoms with Crippen molar-refractivity contribution in [1.29, 1.82) is 0 Å². The molecule has 2 aromatic rings. The number of rotatable bonds is 1. The van der Waals surface area contributed by atoms with Gasteiger partial charge in [-0.05, 0) is 18.4 Å². The lowest BCUT2D eigenvalue weighted by Crippen LogP contribution is -2.32. The van der Waals surface area contributed by atoms with E-state index in [4.69, 9.17) is 5.73 Å². The highest BCUT2D eigenvalue weighted by atomic mass is 32.1. The fourth-order valence-corrected chi connectivity index (χ4v) is 4.72. The number of nitrogens with zero attached hydrogens (tertiary/aromatic N) is 2. The molecule has 1 aliphatic heterocycles. The second kappa shape index (κ2) is 4.51. The summed E-state index contributed by atoms with van der Waals surface area (Å²) in [6.45, 7) is 3.58. The van der Waals surface area contributed by atoms with Crippen molar-refractivity contribution < 1.29 is 4.79 Å². The van der Waals surface area contributed by atoms with Gasteiger partial charge in [0.05, 0.1) is 4.70 Å². The summed E-state index contributed by atoms with van der Waals surface area (Å²) in [5.74, 6) is 0.255. The number of nitrogens with two attached hydrogens (primary N) is 1. The van der Waals surface area contributed by atoms with Crippen molar-refractivity contribution >= 4 is 43.2 Å². The molecule has 0 aliphatic carbocycles. The average Bonchev–Trinajstić information content (AvgIpc) is 2.77. The Balaban J connectivity index is 1.92. The number of amides is 1. The van der Waals surface area contributed by atoms with Gasteiger partial charge in [-0.1, -0.05) is 18.3 Å². The van der Waals surface area contributed by atoms with Gasteiger partial charge in [-0.3, -0.25) is 4.79 Å². The van der Waals surface area contributed by atoms with Gasteiger partial charge in [0.1, 0.15) is 4.83 Å². The van der Waals surface area contributed by atoms with Crippen LogP contribution in [0.1, 0.15) is 23.8 Å². The number of fused-ring (bicyclic) bond motifs is 3. The van der Waals surface area contributed by atoms with Crippen LogP contribution in [0.5, 0.6) is 0 Å². The van der Waals surface area contributed by atoms with E-state index in [0.717, 1.165) is 30.8 Å². The van der Waals surface area contributed by atoms with Gasteiger partial charge in [-0.25, -0.2) is 4.98 Å². The number of carbonyl (C=O) groups excluding carboxylic acids is 1. The van der Waals surface area contributed by atoms with Gasteiger partial charge in [0.2, 0.25) is 5.91 Å². The first kappa shape index (κ1) is 11.9. The first-order valence-electron chi connectivity index (χ1n) is 6.13. The third-order valence-electron chi connectivity index (χ3n) is 3.34. The molecule has 0 bridgehead atoms. The Morgan fingerprint density at radius 1 is 1.39 bits per heavy atom. The molecular weight excluding hydrogens is 266 g/mol. The van der Waals surface area contributed by atoms with Crippen LogP contribution in [0.3, 0.4) is 0 Å². The zero-order valence-corrected chi connectivity index (χ0v) is 11.9. The number of hydrogen-bond donors (Lipinski definition) is 1. The molecular formula is C12H15N3OS2. The molecule has 1 amide bonds. The van der Waals surface area contributed by atoms with E-state index in [1.807, 2.05) is 11.8 Å². The Labute approximate surface area is 113 Å². The summed E-state index contributed by atoms with van der Waals surface area (Å²) in [5, 5.41) is 0.643. The highest BCUT2D eigenvalue weighted by molar-refractivity contribution is 7.29. The van der Waals surface area contributed by atoms with Crippen molar-refractivity contribution in [2.45, 2.75) is 26.2 Å². The van der Waals surface area contributed by atoms with Gasteiger partial charge in [0.15, 0.2) is 5.13 Å². The van der Waals surface area contributed by atoms with Crippen molar-refractivity contribution in [1.82, 2.24) is 9.88 Å².